The number of nitrogens with zero attached hydrogens (tertiary/aromatic N) is 4. The largest absolute Gasteiger partial charge is 0.573 e. The average Bonchev–Trinajstić information content (AvgIpc) is 3.23. The number of carbonyl (C=O) groups excluding carboxylic acids is 1. The Hall–Kier alpha value is -3.94. The molecule has 2 aromatic heterocycles. The van der Waals surface area contributed by atoms with Crippen LogP contribution in [0, 0.1) is 0 Å². The van der Waals surface area contributed by atoms with Crippen LogP contribution < -0.4 is 20.7 Å². The summed E-state index contributed by atoms with van der Waals surface area (Å²) < 4.78 is 81.1. The van der Waals surface area contributed by atoms with Crippen LogP contribution in [0.15, 0.2) is 55.2 Å². The Morgan fingerprint density at radius 2 is 1.72 bits per heavy atom. The Kier molecular flexibility index (Phi) is 6.47. The number of rotatable bonds is 5. The molecule has 1 amide bonds. The van der Waals surface area contributed by atoms with E-state index in [9.17, 15) is 31.1 Å². The highest BCUT2D eigenvalue weighted by Crippen LogP contribution is 2.39. The van der Waals surface area contributed by atoms with Gasteiger partial charge in [-0.3, -0.25) is 4.79 Å². The van der Waals surface area contributed by atoms with E-state index in [0.717, 1.165) is 12.1 Å². The molecule has 36 heavy (non-hydrogen) atoms. The molecule has 1 atom stereocenters. The van der Waals surface area contributed by atoms with Crippen molar-refractivity contribution < 1.29 is 35.9 Å². The van der Waals surface area contributed by atoms with Gasteiger partial charge < -0.3 is 20.7 Å². The second-order valence-electron chi connectivity index (χ2n) is 8.07. The summed E-state index contributed by atoms with van der Waals surface area (Å²) in [5, 5.41) is 2.52. The van der Waals surface area contributed by atoms with Crippen LogP contribution in [0.3, 0.4) is 0 Å². The smallest absolute Gasteiger partial charge is 0.406 e. The molecule has 1 aliphatic heterocycles. The summed E-state index contributed by atoms with van der Waals surface area (Å²) in [6, 6.07) is 5.92. The number of ether oxygens (including phenoxy) is 1. The van der Waals surface area contributed by atoms with E-state index < -0.39 is 36.3 Å². The molecule has 0 unspecified atom stereocenters. The molecule has 1 fully saturated rings. The van der Waals surface area contributed by atoms with Crippen molar-refractivity contribution in [3.05, 3.63) is 60.8 Å². The van der Waals surface area contributed by atoms with Crippen LogP contribution in [0.5, 0.6) is 5.75 Å². The molecular weight excluding hydrogens is 494 g/mol. The van der Waals surface area contributed by atoms with Gasteiger partial charge in [-0.05, 0) is 36.8 Å². The van der Waals surface area contributed by atoms with Crippen LogP contribution in [0.25, 0.3) is 11.1 Å². The highest BCUT2D eigenvalue weighted by molar-refractivity contribution is 6.05. The van der Waals surface area contributed by atoms with Crippen LogP contribution in [-0.4, -0.2) is 52.0 Å². The Labute approximate surface area is 200 Å². The third-order valence-corrected chi connectivity index (χ3v) is 5.51. The number of aromatic nitrogens is 3. The summed E-state index contributed by atoms with van der Waals surface area (Å²) in [7, 11) is 0. The summed E-state index contributed by atoms with van der Waals surface area (Å²) in [5.74, 6) is -0.938. The molecule has 1 saturated heterocycles. The Balaban J connectivity index is 1.60. The quantitative estimate of drug-likeness (QED) is 0.495. The van der Waals surface area contributed by atoms with Gasteiger partial charge in [-0.15, -0.1) is 13.2 Å². The fraction of sp³-hybridized carbons (Fsp3) is 0.273. The molecule has 190 valence electrons. The van der Waals surface area contributed by atoms with E-state index in [1.165, 1.54) is 48.0 Å². The first-order chi connectivity index (χ1) is 16.8. The number of benzene rings is 1. The van der Waals surface area contributed by atoms with Gasteiger partial charge in [0.05, 0.1) is 5.56 Å². The van der Waals surface area contributed by atoms with E-state index in [4.69, 9.17) is 5.73 Å². The number of alkyl halides is 6. The van der Waals surface area contributed by atoms with E-state index in [-0.39, 0.29) is 30.0 Å². The Morgan fingerprint density at radius 3 is 2.31 bits per heavy atom. The molecule has 0 aliphatic carbocycles. The van der Waals surface area contributed by atoms with Gasteiger partial charge >= 0.3 is 12.5 Å². The number of amides is 1. The molecule has 1 aliphatic rings. The normalized spacial score (nSPS) is 18.2. The molecule has 3 N–H and O–H groups in total. The molecule has 3 heterocycles. The minimum absolute atomic E-state index is 0.0123. The first-order valence-electron chi connectivity index (χ1n) is 10.4. The first kappa shape index (κ1) is 25.2. The van der Waals surface area contributed by atoms with E-state index in [0.29, 0.717) is 11.1 Å². The predicted molar refractivity (Wildman–Crippen MR) is 116 cm³/mol. The third kappa shape index (κ3) is 5.48. The van der Waals surface area contributed by atoms with Crippen molar-refractivity contribution in [1.82, 2.24) is 15.0 Å². The van der Waals surface area contributed by atoms with Gasteiger partial charge in [0.1, 0.15) is 23.4 Å². The number of anilines is 2. The summed E-state index contributed by atoms with van der Waals surface area (Å²) in [6.45, 7) is -0.538. The average molecular weight is 512 g/mol. The van der Waals surface area contributed by atoms with Gasteiger partial charge in [0.15, 0.2) is 0 Å². The lowest BCUT2D eigenvalue weighted by Gasteiger charge is -2.28. The molecular formula is C22H18F6N6O2. The van der Waals surface area contributed by atoms with Crippen LogP contribution in [-0.2, 0) is 0 Å². The molecule has 0 spiro atoms. The lowest BCUT2D eigenvalue weighted by atomic mass is 10.00. The maximum Gasteiger partial charge on any atom is 0.573 e. The standard InChI is InChI=1S/C22H18F6N6O2/c23-21(24,25)20(29)5-6-34(11-20)18-17(14-8-30-12-31-9-14)7-13(10-32-18)19(35)33-15-1-3-16(4-2-15)36-22(26,27)28/h1-4,7-10,12H,5-6,11,29H2,(H,33,35)/t20-/m1/s1. The Bertz CT molecular complexity index is 1240. The van der Waals surface area contributed by atoms with Gasteiger partial charge in [0.2, 0.25) is 0 Å². The number of nitrogens with one attached hydrogen (secondary N) is 1. The zero-order valence-corrected chi connectivity index (χ0v) is 18.3. The van der Waals surface area contributed by atoms with Gasteiger partial charge in [0.25, 0.3) is 5.91 Å². The second kappa shape index (κ2) is 9.26. The van der Waals surface area contributed by atoms with Gasteiger partial charge in [-0.2, -0.15) is 13.2 Å². The SMILES string of the molecule is N[C@]1(C(F)(F)F)CCN(c2ncc(C(=O)Nc3ccc(OC(F)(F)F)cc3)cc2-c2cncnc2)C1. The van der Waals surface area contributed by atoms with Gasteiger partial charge in [0, 0.05) is 48.5 Å². The first-order valence-corrected chi connectivity index (χ1v) is 10.4. The number of hydrogen-bond acceptors (Lipinski definition) is 7. The maximum absolute atomic E-state index is 13.4. The predicted octanol–water partition coefficient (Wildman–Crippen LogP) is 4.16. The zero-order valence-electron chi connectivity index (χ0n) is 18.3. The molecule has 1 aromatic carbocycles. The van der Waals surface area contributed by atoms with E-state index in [2.05, 4.69) is 25.0 Å². The topological polar surface area (TPSA) is 106 Å². The zero-order chi connectivity index (χ0) is 26.1. The lowest BCUT2D eigenvalue weighted by molar-refractivity contribution is -0.274. The Morgan fingerprint density at radius 1 is 1.06 bits per heavy atom. The van der Waals surface area contributed by atoms with Crippen molar-refractivity contribution in [3.63, 3.8) is 0 Å². The van der Waals surface area contributed by atoms with Crippen LogP contribution in [0.1, 0.15) is 16.8 Å². The highest BCUT2D eigenvalue weighted by atomic mass is 19.4. The minimum atomic E-state index is -4.85. The number of hydrogen-bond donors (Lipinski definition) is 2. The molecule has 3 aromatic rings. The summed E-state index contributed by atoms with van der Waals surface area (Å²) in [4.78, 5) is 26.3. The summed E-state index contributed by atoms with van der Waals surface area (Å²) >= 11 is 0. The van der Waals surface area contributed by atoms with Crippen molar-refractivity contribution in [3.8, 4) is 16.9 Å². The molecule has 0 radical (unpaired) electrons. The fourth-order valence-corrected chi connectivity index (χ4v) is 3.67. The molecule has 4 rings (SSSR count). The van der Waals surface area contributed by atoms with Crippen LogP contribution in [0.4, 0.5) is 37.8 Å². The monoisotopic (exact) mass is 512 g/mol. The summed E-state index contributed by atoms with van der Waals surface area (Å²) in [6.07, 6.45) is -4.51. The summed E-state index contributed by atoms with van der Waals surface area (Å²) in [5.41, 5.74) is 4.14. The maximum atomic E-state index is 13.4. The number of carbonyl (C=O) groups is 1. The minimum Gasteiger partial charge on any atom is -0.406 e. The lowest BCUT2D eigenvalue weighted by Crippen LogP contribution is -2.55. The molecule has 14 heteroatoms. The van der Waals surface area contributed by atoms with Crippen molar-refractivity contribution >= 4 is 17.4 Å². The van der Waals surface area contributed by atoms with E-state index in [1.54, 1.807) is 0 Å². The third-order valence-electron chi connectivity index (χ3n) is 5.51. The number of nitrogens with two attached hydrogens (primary N) is 1. The van der Waals surface area contributed by atoms with Crippen molar-refractivity contribution in [2.24, 2.45) is 5.73 Å². The van der Waals surface area contributed by atoms with Crippen LogP contribution >= 0.6 is 0 Å². The van der Waals surface area contributed by atoms with Crippen molar-refractivity contribution in [1.29, 1.82) is 0 Å². The number of halogens is 6. The molecule has 0 saturated carbocycles. The molecule has 0 bridgehead atoms. The molecule has 8 nitrogen and oxygen atoms in total. The van der Waals surface area contributed by atoms with Crippen molar-refractivity contribution in [2.75, 3.05) is 23.3 Å². The second-order valence-corrected chi connectivity index (χ2v) is 8.07. The highest BCUT2D eigenvalue weighted by Gasteiger charge is 2.55. The van der Waals surface area contributed by atoms with Crippen molar-refractivity contribution in [2.45, 2.75) is 24.5 Å². The van der Waals surface area contributed by atoms with Gasteiger partial charge in [-0.1, -0.05) is 0 Å². The van der Waals surface area contributed by atoms with Gasteiger partial charge in [-0.25, -0.2) is 15.0 Å². The van der Waals surface area contributed by atoms with E-state index in [1.807, 2.05) is 0 Å². The van der Waals surface area contributed by atoms with Crippen LogP contribution in [0.2, 0.25) is 0 Å². The number of pyridine rings is 1. The van der Waals surface area contributed by atoms with E-state index >= 15 is 0 Å². The fourth-order valence-electron chi connectivity index (χ4n) is 3.67.